The van der Waals surface area contributed by atoms with Crippen LogP contribution in [0.3, 0.4) is 0 Å². The molecule has 0 aliphatic carbocycles. The minimum absolute atomic E-state index is 0.307. The number of furan rings is 1. The number of rotatable bonds is 7. The van der Waals surface area contributed by atoms with Gasteiger partial charge in [-0.1, -0.05) is 27.7 Å². The van der Waals surface area contributed by atoms with E-state index < -0.39 is 0 Å². The van der Waals surface area contributed by atoms with E-state index in [4.69, 9.17) is 9.41 Å². The summed E-state index contributed by atoms with van der Waals surface area (Å²) in [5.74, 6) is 4.78. The van der Waals surface area contributed by atoms with Crippen molar-refractivity contribution in [3.05, 3.63) is 35.8 Å². The molecular weight excluding hydrogens is 340 g/mol. The largest absolute Gasteiger partial charge is 0.469 e. The zero-order chi connectivity index (χ0) is 19.2. The van der Waals surface area contributed by atoms with Crippen LogP contribution in [0.5, 0.6) is 0 Å². The first kappa shape index (κ1) is 19.5. The molecule has 148 valence electrons. The molecule has 0 amide bonds. The molecule has 1 aliphatic rings. The Morgan fingerprint density at radius 2 is 2.22 bits per heavy atom. The molecule has 2 aromatic heterocycles. The highest BCUT2D eigenvalue weighted by Crippen LogP contribution is 2.17. The van der Waals surface area contributed by atoms with Gasteiger partial charge in [0.1, 0.15) is 11.6 Å². The van der Waals surface area contributed by atoms with E-state index in [9.17, 15) is 0 Å². The van der Waals surface area contributed by atoms with E-state index in [0.29, 0.717) is 17.9 Å². The molecule has 0 radical (unpaired) electrons. The first-order valence-corrected chi connectivity index (χ1v) is 10.0. The van der Waals surface area contributed by atoms with Crippen LogP contribution in [-0.2, 0) is 19.4 Å². The number of hydrogen-bond donors (Lipinski definition) is 2. The zero-order valence-corrected chi connectivity index (χ0v) is 16.9. The lowest BCUT2D eigenvalue weighted by atomic mass is 10.1. The van der Waals surface area contributed by atoms with Gasteiger partial charge in [0.2, 0.25) is 0 Å². The van der Waals surface area contributed by atoms with Crippen molar-refractivity contribution in [2.45, 2.75) is 65.5 Å². The van der Waals surface area contributed by atoms with E-state index in [2.05, 4.69) is 53.1 Å². The molecule has 3 heterocycles. The lowest BCUT2D eigenvalue weighted by Crippen LogP contribution is -2.47. The van der Waals surface area contributed by atoms with Gasteiger partial charge in [-0.15, -0.1) is 0 Å². The van der Waals surface area contributed by atoms with Gasteiger partial charge in [-0.25, -0.2) is 9.67 Å². The Morgan fingerprint density at radius 3 is 2.93 bits per heavy atom. The molecule has 1 unspecified atom stereocenters. The van der Waals surface area contributed by atoms with E-state index >= 15 is 0 Å². The third-order valence-electron chi connectivity index (χ3n) is 4.59. The van der Waals surface area contributed by atoms with Crippen LogP contribution in [0.15, 0.2) is 27.8 Å². The van der Waals surface area contributed by atoms with Crippen molar-refractivity contribution in [3.8, 4) is 0 Å². The summed E-state index contributed by atoms with van der Waals surface area (Å²) in [6.07, 6.45) is 4.54. The Hall–Kier alpha value is -2.31. The number of nitrogens with zero attached hydrogens (tertiary/aromatic N) is 4. The van der Waals surface area contributed by atoms with E-state index in [1.807, 2.05) is 12.1 Å². The van der Waals surface area contributed by atoms with Gasteiger partial charge in [0.05, 0.1) is 12.8 Å². The third-order valence-corrected chi connectivity index (χ3v) is 4.59. The van der Waals surface area contributed by atoms with Crippen molar-refractivity contribution in [3.63, 3.8) is 0 Å². The zero-order valence-electron chi connectivity index (χ0n) is 16.9. The Kier molecular flexibility index (Phi) is 6.53. The second-order valence-corrected chi connectivity index (χ2v) is 7.94. The van der Waals surface area contributed by atoms with Crippen LogP contribution in [0.2, 0.25) is 0 Å². The monoisotopic (exact) mass is 372 g/mol. The molecule has 0 saturated heterocycles. The topological polar surface area (TPSA) is 80.3 Å². The van der Waals surface area contributed by atoms with E-state index in [0.717, 1.165) is 62.3 Å². The molecule has 0 spiro atoms. The van der Waals surface area contributed by atoms with Crippen molar-refractivity contribution in [1.29, 1.82) is 0 Å². The van der Waals surface area contributed by atoms with Crippen molar-refractivity contribution >= 4 is 5.96 Å². The van der Waals surface area contributed by atoms with Crippen molar-refractivity contribution in [2.75, 3.05) is 13.1 Å². The molecule has 1 atom stereocenters. The maximum absolute atomic E-state index is 5.41. The maximum Gasteiger partial charge on any atom is 0.191 e. The molecule has 7 nitrogen and oxygen atoms in total. The quantitative estimate of drug-likeness (QED) is 0.577. The fraction of sp³-hybridized carbons (Fsp3) is 0.650. The highest BCUT2D eigenvalue weighted by atomic mass is 16.3. The van der Waals surface area contributed by atoms with E-state index in [1.54, 1.807) is 6.26 Å². The predicted molar refractivity (Wildman–Crippen MR) is 107 cm³/mol. The standard InChI is InChI=1S/C20H32N6O/c1-14(2)12-22-20(21-10-9-17-6-5-11-27-17)23-16-7-8-18-24-19(15(3)4)25-26(18)13-16/h5-6,11,14-16H,7-10,12-13H2,1-4H3,(H2,21,22,23). The molecule has 3 rings (SSSR count). The van der Waals surface area contributed by atoms with Gasteiger partial charge in [-0.3, -0.25) is 4.99 Å². The van der Waals surface area contributed by atoms with Crippen molar-refractivity contribution in [2.24, 2.45) is 10.9 Å². The van der Waals surface area contributed by atoms with Crippen molar-refractivity contribution < 1.29 is 4.42 Å². The molecule has 0 bridgehead atoms. The van der Waals surface area contributed by atoms with Gasteiger partial charge in [0, 0.05) is 37.9 Å². The average Bonchev–Trinajstić information content (AvgIpc) is 3.28. The summed E-state index contributed by atoms with van der Waals surface area (Å²) >= 11 is 0. The molecular formula is C20H32N6O. The van der Waals surface area contributed by atoms with Crippen LogP contribution in [-0.4, -0.2) is 39.9 Å². The van der Waals surface area contributed by atoms with Gasteiger partial charge in [0.25, 0.3) is 0 Å². The fourth-order valence-electron chi connectivity index (χ4n) is 3.07. The second kappa shape index (κ2) is 9.06. The van der Waals surface area contributed by atoms with Gasteiger partial charge < -0.3 is 15.1 Å². The number of fused-ring (bicyclic) bond motifs is 1. The molecule has 0 saturated carbocycles. The SMILES string of the molecule is CC(C)CN=C(NCCc1ccco1)NC1CCc2nc(C(C)C)nn2C1. The van der Waals surface area contributed by atoms with Crippen molar-refractivity contribution in [1.82, 2.24) is 25.4 Å². The first-order chi connectivity index (χ1) is 13.0. The molecule has 27 heavy (non-hydrogen) atoms. The maximum atomic E-state index is 5.41. The number of aryl methyl sites for hydroxylation is 1. The predicted octanol–water partition coefficient (Wildman–Crippen LogP) is 2.74. The van der Waals surface area contributed by atoms with Gasteiger partial charge in [-0.05, 0) is 24.5 Å². The molecule has 0 fully saturated rings. The highest BCUT2D eigenvalue weighted by molar-refractivity contribution is 5.80. The van der Waals surface area contributed by atoms with Crippen LogP contribution >= 0.6 is 0 Å². The van der Waals surface area contributed by atoms with Crippen LogP contribution in [0.1, 0.15) is 57.4 Å². The average molecular weight is 373 g/mol. The Labute approximate surface area is 161 Å². The molecule has 2 aromatic rings. The smallest absolute Gasteiger partial charge is 0.191 e. The Morgan fingerprint density at radius 1 is 1.37 bits per heavy atom. The summed E-state index contributed by atoms with van der Waals surface area (Å²) in [4.78, 5) is 9.41. The third kappa shape index (κ3) is 5.58. The summed E-state index contributed by atoms with van der Waals surface area (Å²) in [5, 5.41) is 11.7. The first-order valence-electron chi connectivity index (χ1n) is 10.0. The molecule has 2 N–H and O–H groups in total. The number of hydrogen-bond acceptors (Lipinski definition) is 4. The van der Waals surface area contributed by atoms with Crippen LogP contribution in [0.25, 0.3) is 0 Å². The lowest BCUT2D eigenvalue weighted by molar-refractivity contribution is 0.391. The summed E-state index contributed by atoms with van der Waals surface area (Å²) in [5.41, 5.74) is 0. The number of nitrogens with one attached hydrogen (secondary N) is 2. The minimum Gasteiger partial charge on any atom is -0.469 e. The summed E-state index contributed by atoms with van der Waals surface area (Å²) < 4.78 is 7.46. The fourth-order valence-corrected chi connectivity index (χ4v) is 3.07. The summed E-state index contributed by atoms with van der Waals surface area (Å²) in [6.45, 7) is 11.0. The van der Waals surface area contributed by atoms with Crippen LogP contribution in [0.4, 0.5) is 0 Å². The van der Waals surface area contributed by atoms with E-state index in [-0.39, 0.29) is 0 Å². The second-order valence-electron chi connectivity index (χ2n) is 7.94. The minimum atomic E-state index is 0.307. The number of guanidine groups is 1. The van der Waals surface area contributed by atoms with Crippen LogP contribution in [0, 0.1) is 5.92 Å². The normalized spacial score (nSPS) is 17.4. The molecule has 7 heteroatoms. The molecule has 0 aromatic carbocycles. The van der Waals surface area contributed by atoms with Gasteiger partial charge in [0.15, 0.2) is 11.8 Å². The lowest BCUT2D eigenvalue weighted by Gasteiger charge is -2.25. The van der Waals surface area contributed by atoms with Crippen LogP contribution < -0.4 is 10.6 Å². The Balaban J connectivity index is 1.58. The van der Waals surface area contributed by atoms with E-state index in [1.165, 1.54) is 0 Å². The summed E-state index contributed by atoms with van der Waals surface area (Å²) in [6, 6.07) is 4.23. The van der Waals surface area contributed by atoms with Gasteiger partial charge in [-0.2, -0.15) is 5.10 Å². The Bertz CT molecular complexity index is 732. The number of aliphatic imine (C=N–C) groups is 1. The summed E-state index contributed by atoms with van der Waals surface area (Å²) in [7, 11) is 0. The highest BCUT2D eigenvalue weighted by Gasteiger charge is 2.23. The number of aromatic nitrogens is 3. The molecule has 1 aliphatic heterocycles. The van der Waals surface area contributed by atoms with Gasteiger partial charge >= 0.3 is 0 Å².